The summed E-state index contributed by atoms with van der Waals surface area (Å²) < 4.78 is 0. The summed E-state index contributed by atoms with van der Waals surface area (Å²) in [5, 5.41) is 2.15. The van der Waals surface area contributed by atoms with Crippen LogP contribution in [0.4, 0.5) is 0 Å². The third kappa shape index (κ3) is 4.63. The first kappa shape index (κ1) is 25.8. The van der Waals surface area contributed by atoms with Gasteiger partial charge in [-0.2, -0.15) is 0 Å². The summed E-state index contributed by atoms with van der Waals surface area (Å²) in [5.74, 6) is 0. The molecule has 0 bridgehead atoms. The van der Waals surface area contributed by atoms with E-state index in [0.717, 1.165) is 49.9 Å². The van der Waals surface area contributed by atoms with Gasteiger partial charge in [-0.05, 0) is 45.5 Å². The van der Waals surface area contributed by atoms with Gasteiger partial charge in [0, 0.05) is 21.9 Å². The van der Waals surface area contributed by atoms with Gasteiger partial charge in [-0.25, -0.2) is 9.97 Å². The van der Waals surface area contributed by atoms with Gasteiger partial charge >= 0.3 is 0 Å². The maximum Gasteiger partial charge on any atom is 0.0972 e. The predicted molar refractivity (Wildman–Crippen MR) is 184 cm³/mol. The molecule has 2 heterocycles. The molecule has 0 N–H and O–H groups in total. The molecule has 0 spiro atoms. The normalized spacial score (nSPS) is 11.2. The van der Waals surface area contributed by atoms with E-state index in [0.29, 0.717) is 0 Å². The number of hydrogen-bond donors (Lipinski definition) is 0. The fourth-order valence-corrected chi connectivity index (χ4v) is 6.17. The second-order valence-corrected chi connectivity index (χ2v) is 11.0. The molecule has 0 aliphatic carbocycles. The Balaban J connectivity index is 1.42. The molecular formula is C42H28N2. The van der Waals surface area contributed by atoms with Crippen molar-refractivity contribution in [2.75, 3.05) is 0 Å². The second kappa shape index (κ2) is 11.1. The average molecular weight is 561 g/mol. The van der Waals surface area contributed by atoms with E-state index in [9.17, 15) is 0 Å². The van der Waals surface area contributed by atoms with Crippen molar-refractivity contribution in [2.24, 2.45) is 0 Å². The smallest absolute Gasteiger partial charge is 0.0972 e. The van der Waals surface area contributed by atoms with Crippen LogP contribution in [-0.4, -0.2) is 9.97 Å². The van der Waals surface area contributed by atoms with Crippen molar-refractivity contribution in [2.45, 2.75) is 0 Å². The van der Waals surface area contributed by atoms with Crippen molar-refractivity contribution >= 4 is 21.8 Å². The molecular weight excluding hydrogens is 532 g/mol. The zero-order valence-electron chi connectivity index (χ0n) is 24.1. The van der Waals surface area contributed by atoms with Gasteiger partial charge in [0.2, 0.25) is 0 Å². The fourth-order valence-electron chi connectivity index (χ4n) is 6.17. The molecule has 0 saturated carbocycles. The minimum Gasteiger partial charge on any atom is -0.245 e. The van der Waals surface area contributed by atoms with Crippen LogP contribution in [0.3, 0.4) is 0 Å². The Labute approximate surface area is 257 Å². The summed E-state index contributed by atoms with van der Waals surface area (Å²) in [7, 11) is 0. The summed E-state index contributed by atoms with van der Waals surface area (Å²) in [5.41, 5.74) is 13.0. The highest BCUT2D eigenvalue weighted by molar-refractivity contribution is 6.06. The minimum atomic E-state index is 0.908. The highest BCUT2D eigenvalue weighted by atomic mass is 14.8. The zero-order chi connectivity index (χ0) is 29.3. The number of pyridine rings is 2. The highest BCUT2D eigenvalue weighted by Gasteiger charge is 2.20. The first-order chi connectivity index (χ1) is 21.8. The van der Waals surface area contributed by atoms with Crippen LogP contribution in [-0.2, 0) is 0 Å². The van der Waals surface area contributed by atoms with Crippen molar-refractivity contribution in [3.8, 4) is 55.9 Å². The Morgan fingerprint density at radius 2 is 0.659 bits per heavy atom. The summed E-state index contributed by atoms with van der Waals surface area (Å²) in [6.45, 7) is 0. The first-order valence-corrected chi connectivity index (χ1v) is 14.9. The molecule has 0 atom stereocenters. The lowest BCUT2D eigenvalue weighted by molar-refractivity contribution is 1.36. The summed E-state index contributed by atoms with van der Waals surface area (Å²) >= 11 is 0. The van der Waals surface area contributed by atoms with Crippen molar-refractivity contribution < 1.29 is 0 Å². The minimum absolute atomic E-state index is 0.908. The van der Waals surface area contributed by atoms with E-state index in [2.05, 4.69) is 164 Å². The molecule has 0 radical (unpaired) electrons. The van der Waals surface area contributed by atoms with Crippen molar-refractivity contribution in [1.82, 2.24) is 9.97 Å². The fraction of sp³-hybridized carbons (Fsp3) is 0. The van der Waals surface area contributed by atoms with Crippen LogP contribution < -0.4 is 0 Å². The van der Waals surface area contributed by atoms with Crippen LogP contribution in [0.15, 0.2) is 170 Å². The average Bonchev–Trinajstić information content (AvgIpc) is 3.12. The van der Waals surface area contributed by atoms with Gasteiger partial charge in [0.1, 0.15) is 0 Å². The third-order valence-corrected chi connectivity index (χ3v) is 8.28. The van der Waals surface area contributed by atoms with E-state index in [4.69, 9.17) is 9.97 Å². The number of nitrogens with zero attached hydrogens (tertiary/aromatic N) is 2. The molecule has 2 nitrogen and oxygen atoms in total. The summed E-state index contributed by atoms with van der Waals surface area (Å²) in [6, 6.07) is 59.7. The van der Waals surface area contributed by atoms with Gasteiger partial charge in [0.05, 0.1) is 22.4 Å². The van der Waals surface area contributed by atoms with Crippen LogP contribution >= 0.6 is 0 Å². The molecule has 2 aromatic heterocycles. The summed E-state index contributed by atoms with van der Waals surface area (Å²) in [6.07, 6.45) is 0. The molecule has 8 rings (SSSR count). The SMILES string of the molecule is c1ccc(-c2ccc3ccc4ccc(-c5ccc(-c6ccccc6)c(-c6ccccc6)c5-c5ccccc5)nc4c3n2)cc1. The molecule has 8 aromatic rings. The van der Waals surface area contributed by atoms with Gasteiger partial charge in [0.15, 0.2) is 0 Å². The van der Waals surface area contributed by atoms with Crippen LogP contribution in [0, 0.1) is 0 Å². The number of hydrogen-bond acceptors (Lipinski definition) is 2. The van der Waals surface area contributed by atoms with E-state index >= 15 is 0 Å². The van der Waals surface area contributed by atoms with Gasteiger partial charge in [-0.1, -0.05) is 158 Å². The lowest BCUT2D eigenvalue weighted by atomic mass is 9.84. The Hall–Kier alpha value is -5.86. The number of benzene rings is 6. The van der Waals surface area contributed by atoms with Crippen LogP contribution in [0.5, 0.6) is 0 Å². The molecule has 206 valence electrons. The monoisotopic (exact) mass is 560 g/mol. The Morgan fingerprint density at radius 1 is 0.273 bits per heavy atom. The highest BCUT2D eigenvalue weighted by Crippen LogP contribution is 2.45. The first-order valence-electron chi connectivity index (χ1n) is 14.9. The quantitative estimate of drug-likeness (QED) is 0.196. The Morgan fingerprint density at radius 3 is 1.20 bits per heavy atom. The van der Waals surface area contributed by atoms with Crippen LogP contribution in [0.25, 0.3) is 77.7 Å². The molecule has 0 fully saturated rings. The van der Waals surface area contributed by atoms with E-state index in [1.54, 1.807) is 0 Å². The largest absolute Gasteiger partial charge is 0.245 e. The second-order valence-electron chi connectivity index (χ2n) is 11.0. The molecule has 0 aliphatic heterocycles. The van der Waals surface area contributed by atoms with Crippen molar-refractivity contribution in [3.63, 3.8) is 0 Å². The van der Waals surface area contributed by atoms with Gasteiger partial charge < -0.3 is 0 Å². The van der Waals surface area contributed by atoms with Crippen LogP contribution in [0.2, 0.25) is 0 Å². The molecule has 44 heavy (non-hydrogen) atoms. The summed E-state index contributed by atoms with van der Waals surface area (Å²) in [4.78, 5) is 10.5. The lowest BCUT2D eigenvalue weighted by Crippen LogP contribution is -1.96. The maximum absolute atomic E-state index is 5.37. The molecule has 0 unspecified atom stereocenters. The van der Waals surface area contributed by atoms with Crippen molar-refractivity contribution in [1.29, 1.82) is 0 Å². The van der Waals surface area contributed by atoms with Crippen molar-refractivity contribution in [3.05, 3.63) is 170 Å². The molecule has 2 heteroatoms. The number of aromatic nitrogens is 2. The van der Waals surface area contributed by atoms with E-state index < -0.39 is 0 Å². The lowest BCUT2D eigenvalue weighted by Gasteiger charge is -2.20. The zero-order valence-corrected chi connectivity index (χ0v) is 24.1. The van der Waals surface area contributed by atoms with E-state index in [1.165, 1.54) is 27.8 Å². The molecule has 6 aromatic carbocycles. The Bertz CT molecular complexity index is 2240. The number of fused-ring (bicyclic) bond motifs is 3. The van der Waals surface area contributed by atoms with E-state index in [1.807, 2.05) is 6.07 Å². The molecule has 0 saturated heterocycles. The third-order valence-electron chi connectivity index (χ3n) is 8.28. The van der Waals surface area contributed by atoms with Gasteiger partial charge in [0.25, 0.3) is 0 Å². The number of rotatable bonds is 5. The van der Waals surface area contributed by atoms with Gasteiger partial charge in [-0.3, -0.25) is 0 Å². The van der Waals surface area contributed by atoms with E-state index in [-0.39, 0.29) is 0 Å². The standard InChI is InChI=1S/C42H28N2/c1-5-13-29(14-6-1)35-25-26-36(40(32-19-11-4-12-20-32)39(35)31-17-9-3-10-18-31)38-28-24-34-22-21-33-23-27-37(30-15-7-2-8-16-30)43-41(33)42(34)44-38/h1-28H. The Kier molecular flexibility index (Phi) is 6.51. The van der Waals surface area contributed by atoms with Gasteiger partial charge in [-0.15, -0.1) is 0 Å². The predicted octanol–water partition coefficient (Wildman–Crippen LogP) is 11.1. The van der Waals surface area contributed by atoms with Crippen LogP contribution in [0.1, 0.15) is 0 Å². The maximum atomic E-state index is 5.37. The molecule has 0 amide bonds. The topological polar surface area (TPSA) is 25.8 Å². The molecule has 0 aliphatic rings.